The van der Waals surface area contributed by atoms with Crippen LogP contribution in [0.3, 0.4) is 0 Å². The van der Waals surface area contributed by atoms with E-state index in [1.54, 1.807) is 12.1 Å². The molecule has 1 aromatic carbocycles. The van der Waals surface area contributed by atoms with Crippen LogP contribution in [0.1, 0.15) is 29.3 Å². The molecule has 1 rings (SSSR count). The van der Waals surface area contributed by atoms with E-state index < -0.39 is 5.82 Å². The molecule has 0 fully saturated rings. The molecular formula is C13H14FNO2. The molecule has 0 aromatic heterocycles. The first-order valence-corrected chi connectivity index (χ1v) is 5.28. The van der Waals surface area contributed by atoms with Crippen LogP contribution in [0.5, 0.6) is 0 Å². The summed E-state index contributed by atoms with van der Waals surface area (Å²) in [6, 6.07) is 4.13. The first-order valence-electron chi connectivity index (χ1n) is 5.28. The van der Waals surface area contributed by atoms with Gasteiger partial charge >= 0.3 is 0 Å². The third kappa shape index (κ3) is 5.06. The van der Waals surface area contributed by atoms with Crippen LogP contribution in [-0.4, -0.2) is 18.7 Å². The van der Waals surface area contributed by atoms with E-state index in [0.29, 0.717) is 30.4 Å². The molecule has 1 aromatic rings. The van der Waals surface area contributed by atoms with E-state index in [-0.39, 0.29) is 5.91 Å². The lowest BCUT2D eigenvalue weighted by molar-refractivity contribution is -0.118. The first-order chi connectivity index (χ1) is 8.11. The van der Waals surface area contributed by atoms with Gasteiger partial charge in [-0.15, -0.1) is 0 Å². The van der Waals surface area contributed by atoms with Gasteiger partial charge in [0.05, 0.1) is 0 Å². The van der Waals surface area contributed by atoms with Crippen LogP contribution in [0.2, 0.25) is 0 Å². The van der Waals surface area contributed by atoms with Crippen molar-refractivity contribution in [3.63, 3.8) is 0 Å². The number of aldehydes is 1. The topological polar surface area (TPSA) is 46.2 Å². The molecule has 0 heterocycles. The summed E-state index contributed by atoms with van der Waals surface area (Å²) in [5.74, 6) is -0.511. The van der Waals surface area contributed by atoms with Crippen molar-refractivity contribution in [2.24, 2.45) is 0 Å². The van der Waals surface area contributed by atoms with Gasteiger partial charge in [0.1, 0.15) is 12.1 Å². The largest absolute Gasteiger partial charge is 0.356 e. The molecule has 0 bridgehead atoms. The zero-order valence-electron chi connectivity index (χ0n) is 9.57. The number of hydrogen-bond donors (Lipinski definition) is 1. The van der Waals surface area contributed by atoms with Crippen LogP contribution in [0.15, 0.2) is 24.3 Å². The monoisotopic (exact) mass is 235 g/mol. The molecular weight excluding hydrogens is 221 g/mol. The van der Waals surface area contributed by atoms with Gasteiger partial charge in [-0.1, -0.05) is 12.2 Å². The van der Waals surface area contributed by atoms with Crippen molar-refractivity contribution in [3.05, 3.63) is 41.2 Å². The number of carbonyl (C=O) groups is 2. The minimum Gasteiger partial charge on any atom is -0.356 e. The Kier molecular flexibility index (Phi) is 5.07. The summed E-state index contributed by atoms with van der Waals surface area (Å²) in [4.78, 5) is 21.1. The summed E-state index contributed by atoms with van der Waals surface area (Å²) >= 11 is 0. The fraction of sp³-hybridized carbons (Fsp3) is 0.231. The van der Waals surface area contributed by atoms with E-state index in [4.69, 9.17) is 0 Å². The van der Waals surface area contributed by atoms with E-state index in [1.165, 1.54) is 19.1 Å². The number of benzene rings is 1. The third-order valence-corrected chi connectivity index (χ3v) is 2.07. The van der Waals surface area contributed by atoms with Gasteiger partial charge < -0.3 is 5.32 Å². The Morgan fingerprint density at radius 3 is 2.71 bits per heavy atom. The summed E-state index contributed by atoms with van der Waals surface area (Å²) < 4.78 is 13.0. The SMILES string of the molecule is CC(=O)NCCC=Cc1cc(F)cc(C=O)c1. The summed E-state index contributed by atoms with van der Waals surface area (Å²) in [6.45, 7) is 1.99. The van der Waals surface area contributed by atoms with Gasteiger partial charge in [-0.25, -0.2) is 4.39 Å². The molecule has 1 amide bonds. The van der Waals surface area contributed by atoms with Gasteiger partial charge in [-0.2, -0.15) is 0 Å². The Morgan fingerprint density at radius 1 is 1.35 bits per heavy atom. The predicted octanol–water partition coefficient (Wildman–Crippen LogP) is 2.18. The summed E-state index contributed by atoms with van der Waals surface area (Å²) in [5, 5.41) is 2.65. The second kappa shape index (κ2) is 6.58. The minimum atomic E-state index is -0.434. The van der Waals surface area contributed by atoms with Crippen molar-refractivity contribution >= 4 is 18.3 Å². The van der Waals surface area contributed by atoms with Crippen LogP contribution < -0.4 is 5.32 Å². The van der Waals surface area contributed by atoms with Gasteiger partial charge in [-0.3, -0.25) is 9.59 Å². The zero-order chi connectivity index (χ0) is 12.7. The van der Waals surface area contributed by atoms with E-state index in [9.17, 15) is 14.0 Å². The second-order valence-corrected chi connectivity index (χ2v) is 3.61. The summed E-state index contributed by atoms with van der Waals surface area (Å²) in [7, 11) is 0. The minimum absolute atomic E-state index is 0.0765. The average molecular weight is 235 g/mol. The van der Waals surface area contributed by atoms with Gasteiger partial charge in [0.15, 0.2) is 0 Å². The Balaban J connectivity index is 2.55. The number of nitrogens with one attached hydrogen (secondary N) is 1. The Morgan fingerprint density at radius 2 is 2.06 bits per heavy atom. The normalized spacial score (nSPS) is 10.5. The molecule has 0 aliphatic carbocycles. The lowest BCUT2D eigenvalue weighted by Crippen LogP contribution is -2.20. The van der Waals surface area contributed by atoms with Crippen molar-refractivity contribution in [3.8, 4) is 0 Å². The van der Waals surface area contributed by atoms with Gasteiger partial charge in [-0.05, 0) is 30.2 Å². The average Bonchev–Trinajstić information content (AvgIpc) is 2.27. The van der Waals surface area contributed by atoms with Gasteiger partial charge in [0.25, 0.3) is 0 Å². The number of rotatable bonds is 5. The van der Waals surface area contributed by atoms with E-state index in [1.807, 2.05) is 6.08 Å². The van der Waals surface area contributed by atoms with Crippen molar-refractivity contribution in [1.82, 2.24) is 5.32 Å². The van der Waals surface area contributed by atoms with E-state index in [0.717, 1.165) is 0 Å². The Hall–Kier alpha value is -1.97. The van der Waals surface area contributed by atoms with Crippen molar-refractivity contribution in [1.29, 1.82) is 0 Å². The highest BCUT2D eigenvalue weighted by Crippen LogP contribution is 2.09. The predicted molar refractivity (Wildman–Crippen MR) is 64.1 cm³/mol. The number of amides is 1. The molecule has 17 heavy (non-hydrogen) atoms. The molecule has 0 radical (unpaired) electrons. The fourth-order valence-corrected chi connectivity index (χ4v) is 1.35. The third-order valence-electron chi connectivity index (χ3n) is 2.07. The van der Waals surface area contributed by atoms with E-state index in [2.05, 4.69) is 5.32 Å². The maximum atomic E-state index is 13.0. The number of halogens is 1. The second-order valence-electron chi connectivity index (χ2n) is 3.61. The lowest BCUT2D eigenvalue weighted by Gasteiger charge is -1.98. The van der Waals surface area contributed by atoms with Crippen LogP contribution in [-0.2, 0) is 4.79 Å². The highest BCUT2D eigenvalue weighted by Gasteiger charge is 1.97. The molecule has 0 unspecified atom stereocenters. The maximum Gasteiger partial charge on any atom is 0.216 e. The first kappa shape index (κ1) is 13.1. The molecule has 0 spiro atoms. The smallest absolute Gasteiger partial charge is 0.216 e. The van der Waals surface area contributed by atoms with Crippen LogP contribution in [0.4, 0.5) is 4.39 Å². The van der Waals surface area contributed by atoms with Crippen LogP contribution in [0, 0.1) is 5.82 Å². The van der Waals surface area contributed by atoms with Crippen LogP contribution in [0.25, 0.3) is 6.08 Å². The molecule has 3 nitrogen and oxygen atoms in total. The quantitative estimate of drug-likeness (QED) is 0.628. The van der Waals surface area contributed by atoms with E-state index >= 15 is 0 Å². The highest BCUT2D eigenvalue weighted by atomic mass is 19.1. The highest BCUT2D eigenvalue weighted by molar-refractivity contribution is 5.76. The fourth-order valence-electron chi connectivity index (χ4n) is 1.35. The molecule has 90 valence electrons. The van der Waals surface area contributed by atoms with Gasteiger partial charge in [0, 0.05) is 19.0 Å². The lowest BCUT2D eigenvalue weighted by atomic mass is 10.1. The van der Waals surface area contributed by atoms with Crippen LogP contribution >= 0.6 is 0 Å². The molecule has 1 N–H and O–H groups in total. The van der Waals surface area contributed by atoms with Crippen molar-refractivity contribution in [2.45, 2.75) is 13.3 Å². The molecule has 0 atom stereocenters. The van der Waals surface area contributed by atoms with Crippen molar-refractivity contribution in [2.75, 3.05) is 6.54 Å². The molecule has 0 saturated heterocycles. The Bertz CT molecular complexity index is 441. The maximum absolute atomic E-state index is 13.0. The standard InChI is InChI=1S/C13H14FNO2/c1-10(17)15-5-3-2-4-11-6-12(9-16)8-13(14)7-11/h2,4,6-9H,3,5H2,1H3,(H,15,17). The number of carbonyl (C=O) groups excluding carboxylic acids is 2. The molecule has 0 saturated carbocycles. The zero-order valence-corrected chi connectivity index (χ0v) is 9.57. The van der Waals surface area contributed by atoms with Crippen molar-refractivity contribution < 1.29 is 14.0 Å². The Labute approximate surface area is 99.3 Å². The molecule has 0 aliphatic heterocycles. The number of hydrogen-bond acceptors (Lipinski definition) is 2. The van der Waals surface area contributed by atoms with Gasteiger partial charge in [0.2, 0.25) is 5.91 Å². The molecule has 0 aliphatic rings. The summed E-state index contributed by atoms with van der Waals surface area (Å²) in [5.41, 5.74) is 0.946. The molecule has 4 heteroatoms. The summed E-state index contributed by atoms with van der Waals surface area (Å²) in [6.07, 6.45) is 4.81.